The molecule has 17 heavy (non-hydrogen) atoms. The molecule has 0 heterocycles. The lowest BCUT2D eigenvalue weighted by atomic mass is 10.2. The standard InChI is InChI=1S/C14H23IN2/c1-3-17(10-9-15)12-11-16(2)13-14-7-5-4-6-8-14/h4-8H,3,9-13H2,1-2H3. The lowest BCUT2D eigenvalue weighted by molar-refractivity contribution is 0.238. The summed E-state index contributed by atoms with van der Waals surface area (Å²) in [4.78, 5) is 4.90. The minimum atomic E-state index is 1.04. The van der Waals surface area contributed by atoms with Gasteiger partial charge in [0.25, 0.3) is 0 Å². The van der Waals surface area contributed by atoms with Gasteiger partial charge in [-0.2, -0.15) is 0 Å². The van der Waals surface area contributed by atoms with Crippen molar-refractivity contribution in [3.05, 3.63) is 35.9 Å². The van der Waals surface area contributed by atoms with Gasteiger partial charge in [-0.25, -0.2) is 0 Å². The maximum absolute atomic E-state index is 2.51. The highest BCUT2D eigenvalue weighted by Crippen LogP contribution is 2.02. The molecular formula is C14H23IN2. The van der Waals surface area contributed by atoms with Crippen LogP contribution in [0.1, 0.15) is 12.5 Å². The van der Waals surface area contributed by atoms with E-state index < -0.39 is 0 Å². The molecule has 3 heteroatoms. The number of alkyl halides is 1. The second-order valence-corrected chi connectivity index (χ2v) is 5.43. The van der Waals surface area contributed by atoms with E-state index in [0.29, 0.717) is 0 Å². The van der Waals surface area contributed by atoms with Gasteiger partial charge in [-0.05, 0) is 19.2 Å². The van der Waals surface area contributed by atoms with Gasteiger partial charge >= 0.3 is 0 Å². The van der Waals surface area contributed by atoms with Gasteiger partial charge < -0.3 is 9.80 Å². The van der Waals surface area contributed by atoms with Gasteiger partial charge in [0.15, 0.2) is 0 Å². The molecule has 0 aliphatic heterocycles. The van der Waals surface area contributed by atoms with Gasteiger partial charge in [-0.15, -0.1) is 0 Å². The molecule has 0 radical (unpaired) electrons. The van der Waals surface area contributed by atoms with Crippen LogP contribution in [-0.2, 0) is 6.54 Å². The third kappa shape index (κ3) is 6.38. The number of hydrogen-bond acceptors (Lipinski definition) is 2. The van der Waals surface area contributed by atoms with Crippen molar-refractivity contribution in [3.8, 4) is 0 Å². The molecule has 0 spiro atoms. The van der Waals surface area contributed by atoms with Crippen molar-refractivity contribution in [1.82, 2.24) is 9.80 Å². The number of rotatable bonds is 8. The normalized spacial score (nSPS) is 11.4. The van der Waals surface area contributed by atoms with Crippen LogP contribution >= 0.6 is 22.6 Å². The highest BCUT2D eigenvalue weighted by Gasteiger charge is 2.04. The highest BCUT2D eigenvalue weighted by atomic mass is 127. The van der Waals surface area contributed by atoms with E-state index in [2.05, 4.69) is 76.7 Å². The zero-order chi connectivity index (χ0) is 12.5. The van der Waals surface area contributed by atoms with Crippen molar-refractivity contribution in [3.63, 3.8) is 0 Å². The molecule has 0 aromatic heterocycles. The fourth-order valence-electron chi connectivity index (χ4n) is 1.83. The first-order valence-corrected chi connectivity index (χ1v) is 7.79. The molecule has 1 rings (SSSR count). The van der Waals surface area contributed by atoms with Crippen LogP contribution in [0.5, 0.6) is 0 Å². The van der Waals surface area contributed by atoms with Crippen LogP contribution in [-0.4, -0.2) is 47.5 Å². The molecule has 0 unspecified atom stereocenters. The van der Waals surface area contributed by atoms with Crippen molar-refractivity contribution in [2.45, 2.75) is 13.5 Å². The fourth-order valence-corrected chi connectivity index (χ4v) is 2.52. The van der Waals surface area contributed by atoms with E-state index in [0.717, 1.165) is 19.6 Å². The molecule has 96 valence electrons. The number of nitrogens with zero attached hydrogens (tertiary/aromatic N) is 2. The molecule has 0 saturated heterocycles. The number of halogens is 1. The summed E-state index contributed by atoms with van der Waals surface area (Å²) in [6.45, 7) is 7.95. The Kier molecular flexibility index (Phi) is 7.81. The maximum Gasteiger partial charge on any atom is 0.0231 e. The van der Waals surface area contributed by atoms with E-state index in [1.165, 1.54) is 23.1 Å². The summed E-state index contributed by atoms with van der Waals surface area (Å²) in [5, 5.41) is 0. The van der Waals surface area contributed by atoms with Gasteiger partial charge in [0.2, 0.25) is 0 Å². The summed E-state index contributed by atoms with van der Waals surface area (Å²) in [6.07, 6.45) is 0. The van der Waals surface area contributed by atoms with E-state index in [1.807, 2.05) is 0 Å². The van der Waals surface area contributed by atoms with E-state index in [-0.39, 0.29) is 0 Å². The van der Waals surface area contributed by atoms with Gasteiger partial charge in [0.1, 0.15) is 0 Å². The molecule has 0 bridgehead atoms. The van der Waals surface area contributed by atoms with Crippen LogP contribution in [0.3, 0.4) is 0 Å². The summed E-state index contributed by atoms with van der Waals surface area (Å²) < 4.78 is 1.22. The zero-order valence-corrected chi connectivity index (χ0v) is 13.1. The van der Waals surface area contributed by atoms with Crippen molar-refractivity contribution >= 4 is 22.6 Å². The molecule has 0 aliphatic carbocycles. The smallest absolute Gasteiger partial charge is 0.0231 e. The van der Waals surface area contributed by atoms with Crippen LogP contribution in [0.25, 0.3) is 0 Å². The predicted molar refractivity (Wildman–Crippen MR) is 83.8 cm³/mol. The summed E-state index contributed by atoms with van der Waals surface area (Å²) in [7, 11) is 2.20. The summed E-state index contributed by atoms with van der Waals surface area (Å²) in [5.41, 5.74) is 1.40. The second kappa shape index (κ2) is 8.89. The topological polar surface area (TPSA) is 6.48 Å². The van der Waals surface area contributed by atoms with Gasteiger partial charge in [-0.3, -0.25) is 0 Å². The van der Waals surface area contributed by atoms with Crippen LogP contribution in [0.2, 0.25) is 0 Å². The number of benzene rings is 1. The van der Waals surface area contributed by atoms with Crippen LogP contribution in [0, 0.1) is 0 Å². The van der Waals surface area contributed by atoms with Crippen molar-refractivity contribution in [2.75, 3.05) is 37.7 Å². The lowest BCUT2D eigenvalue weighted by Gasteiger charge is -2.23. The Morgan fingerprint density at radius 2 is 1.76 bits per heavy atom. The van der Waals surface area contributed by atoms with Gasteiger partial charge in [0, 0.05) is 30.6 Å². The summed E-state index contributed by atoms with van der Waals surface area (Å²) in [5.74, 6) is 0. The number of hydrogen-bond donors (Lipinski definition) is 0. The molecule has 0 saturated carbocycles. The fraction of sp³-hybridized carbons (Fsp3) is 0.571. The molecule has 0 fully saturated rings. The molecule has 0 N–H and O–H groups in total. The Hall–Kier alpha value is -0.130. The minimum absolute atomic E-state index is 1.04. The largest absolute Gasteiger partial charge is 0.302 e. The molecule has 0 atom stereocenters. The first-order chi connectivity index (χ1) is 8.26. The number of likely N-dealkylation sites (N-methyl/N-ethyl adjacent to an activating group) is 2. The van der Waals surface area contributed by atoms with Gasteiger partial charge in [-0.1, -0.05) is 59.8 Å². The Bertz CT molecular complexity index is 290. The molecule has 0 amide bonds. The first kappa shape index (κ1) is 14.9. The van der Waals surface area contributed by atoms with Crippen LogP contribution in [0.4, 0.5) is 0 Å². The van der Waals surface area contributed by atoms with E-state index >= 15 is 0 Å². The van der Waals surface area contributed by atoms with E-state index in [4.69, 9.17) is 0 Å². The summed E-state index contributed by atoms with van der Waals surface area (Å²) >= 11 is 2.45. The average Bonchev–Trinajstić information content (AvgIpc) is 2.35. The van der Waals surface area contributed by atoms with Gasteiger partial charge in [0.05, 0.1) is 0 Å². The summed E-state index contributed by atoms with van der Waals surface area (Å²) in [6, 6.07) is 10.7. The first-order valence-electron chi connectivity index (χ1n) is 6.27. The highest BCUT2D eigenvalue weighted by molar-refractivity contribution is 14.1. The van der Waals surface area contributed by atoms with E-state index in [9.17, 15) is 0 Å². The Morgan fingerprint density at radius 3 is 2.35 bits per heavy atom. The Balaban J connectivity index is 2.27. The van der Waals surface area contributed by atoms with Crippen molar-refractivity contribution in [2.24, 2.45) is 0 Å². The Labute approximate surface area is 119 Å². The third-order valence-corrected chi connectivity index (χ3v) is 3.42. The van der Waals surface area contributed by atoms with E-state index in [1.54, 1.807) is 0 Å². The van der Waals surface area contributed by atoms with Crippen LogP contribution in [0.15, 0.2) is 30.3 Å². The Morgan fingerprint density at radius 1 is 1.06 bits per heavy atom. The van der Waals surface area contributed by atoms with Crippen molar-refractivity contribution < 1.29 is 0 Å². The third-order valence-electron chi connectivity index (χ3n) is 2.94. The quantitative estimate of drug-likeness (QED) is 0.528. The lowest BCUT2D eigenvalue weighted by Crippen LogP contribution is -2.34. The molecule has 1 aromatic rings. The monoisotopic (exact) mass is 346 g/mol. The maximum atomic E-state index is 2.51. The average molecular weight is 346 g/mol. The minimum Gasteiger partial charge on any atom is -0.302 e. The molecule has 0 aliphatic rings. The SMILES string of the molecule is CCN(CCI)CCN(C)Cc1ccccc1. The van der Waals surface area contributed by atoms with Crippen LogP contribution < -0.4 is 0 Å². The second-order valence-electron chi connectivity index (χ2n) is 4.35. The predicted octanol–water partition coefficient (Wildman–Crippen LogP) is 2.88. The molecule has 1 aromatic carbocycles. The zero-order valence-electron chi connectivity index (χ0n) is 10.9. The van der Waals surface area contributed by atoms with Crippen molar-refractivity contribution in [1.29, 1.82) is 0 Å². The molecular weight excluding hydrogens is 323 g/mol. The molecule has 2 nitrogen and oxygen atoms in total.